The van der Waals surface area contributed by atoms with E-state index in [1.165, 1.54) is 30.3 Å². The first-order chi connectivity index (χ1) is 11.3. The van der Waals surface area contributed by atoms with E-state index in [1.807, 2.05) is 6.92 Å². The van der Waals surface area contributed by atoms with E-state index in [-0.39, 0.29) is 10.7 Å². The van der Waals surface area contributed by atoms with E-state index in [0.717, 1.165) is 17.5 Å². The molecule has 24 heavy (non-hydrogen) atoms. The second kappa shape index (κ2) is 7.32. The number of urea groups is 1. The van der Waals surface area contributed by atoms with Crippen molar-refractivity contribution in [1.82, 2.24) is 15.1 Å². The van der Waals surface area contributed by atoms with Crippen LogP contribution in [0.25, 0.3) is 5.69 Å². The lowest BCUT2D eigenvalue weighted by atomic mass is 10.3. The molecule has 0 fully saturated rings. The van der Waals surface area contributed by atoms with Gasteiger partial charge in [0.25, 0.3) is 15.7 Å². The van der Waals surface area contributed by atoms with Gasteiger partial charge in [0.15, 0.2) is 0 Å². The number of H-pyrrole nitrogens is 1. The molecule has 0 spiro atoms. The molecule has 1 aromatic carbocycles. The van der Waals surface area contributed by atoms with E-state index >= 15 is 0 Å². The Hall–Kier alpha value is -2.59. The Balaban J connectivity index is 2.14. The molecular formula is C14H18N4O5S. The van der Waals surface area contributed by atoms with E-state index in [4.69, 9.17) is 4.55 Å². The summed E-state index contributed by atoms with van der Waals surface area (Å²) in [5.74, 6) is 0.202. The number of amides is 2. The number of aromatic nitrogens is 2. The van der Waals surface area contributed by atoms with Crippen LogP contribution in [-0.2, 0) is 10.1 Å². The third-order valence-corrected chi connectivity index (χ3v) is 4.05. The maximum absolute atomic E-state index is 12.0. The van der Waals surface area contributed by atoms with Crippen LogP contribution in [0.1, 0.15) is 19.8 Å². The SMILES string of the molecule is CCCCNC(=O)Nc1cc(=O)n(-c2ccc(S(=O)(=O)O)cc2)[nH]1. The number of hydrogen-bond donors (Lipinski definition) is 4. The average molecular weight is 354 g/mol. The molecule has 2 rings (SSSR count). The van der Waals surface area contributed by atoms with Crippen LogP contribution >= 0.6 is 0 Å². The normalized spacial score (nSPS) is 11.2. The molecule has 4 N–H and O–H groups in total. The number of nitrogens with one attached hydrogen (secondary N) is 3. The molecule has 130 valence electrons. The van der Waals surface area contributed by atoms with Gasteiger partial charge in [-0.15, -0.1) is 0 Å². The number of carbonyl (C=O) groups excluding carboxylic acids is 1. The van der Waals surface area contributed by atoms with Crippen LogP contribution in [0, 0.1) is 0 Å². The predicted octanol–water partition coefficient (Wildman–Crippen LogP) is 1.33. The zero-order chi connectivity index (χ0) is 17.7. The first-order valence-electron chi connectivity index (χ1n) is 7.26. The summed E-state index contributed by atoms with van der Waals surface area (Å²) < 4.78 is 32.1. The average Bonchev–Trinajstić information content (AvgIpc) is 2.87. The third-order valence-electron chi connectivity index (χ3n) is 3.18. The highest BCUT2D eigenvalue weighted by molar-refractivity contribution is 7.85. The fraction of sp³-hybridized carbons (Fsp3) is 0.286. The van der Waals surface area contributed by atoms with Crippen molar-refractivity contribution in [3.63, 3.8) is 0 Å². The van der Waals surface area contributed by atoms with Gasteiger partial charge in [-0.2, -0.15) is 8.42 Å². The summed E-state index contributed by atoms with van der Waals surface area (Å²) in [6.45, 7) is 2.54. The van der Waals surface area contributed by atoms with Crippen molar-refractivity contribution in [2.24, 2.45) is 0 Å². The smallest absolute Gasteiger partial charge is 0.320 e. The van der Waals surface area contributed by atoms with Crippen LogP contribution in [0.3, 0.4) is 0 Å². The summed E-state index contributed by atoms with van der Waals surface area (Å²) in [5.41, 5.74) is -0.0784. The number of nitrogens with zero attached hydrogens (tertiary/aromatic N) is 1. The summed E-state index contributed by atoms with van der Waals surface area (Å²) in [6.07, 6.45) is 1.80. The molecule has 10 heteroatoms. The van der Waals surface area contributed by atoms with E-state index in [0.29, 0.717) is 12.2 Å². The molecule has 0 radical (unpaired) electrons. The van der Waals surface area contributed by atoms with E-state index in [9.17, 15) is 18.0 Å². The molecule has 1 aromatic heterocycles. The van der Waals surface area contributed by atoms with Gasteiger partial charge < -0.3 is 5.32 Å². The molecule has 0 aliphatic rings. The minimum Gasteiger partial charge on any atom is -0.338 e. The molecule has 0 aliphatic carbocycles. The number of aromatic amines is 1. The van der Waals surface area contributed by atoms with Crippen molar-refractivity contribution in [3.05, 3.63) is 40.7 Å². The zero-order valence-corrected chi connectivity index (χ0v) is 13.8. The lowest BCUT2D eigenvalue weighted by molar-refractivity contribution is 0.252. The Morgan fingerprint density at radius 2 is 1.96 bits per heavy atom. The standard InChI is InChI=1S/C14H18N4O5S/c1-2-3-8-15-14(20)16-12-9-13(19)18(17-12)10-4-6-11(7-5-10)24(21,22)23/h4-7,9,17H,2-3,8H2,1H3,(H2,15,16,20)(H,21,22,23). The van der Waals surface area contributed by atoms with Gasteiger partial charge >= 0.3 is 6.03 Å². The van der Waals surface area contributed by atoms with Gasteiger partial charge in [-0.1, -0.05) is 13.3 Å². The second-order valence-corrected chi connectivity index (χ2v) is 6.47. The summed E-state index contributed by atoms with van der Waals surface area (Å²) in [5, 5.41) is 7.85. The number of unbranched alkanes of at least 4 members (excludes halogenated alkanes) is 1. The maximum Gasteiger partial charge on any atom is 0.320 e. The Morgan fingerprint density at radius 3 is 2.54 bits per heavy atom. The summed E-state index contributed by atoms with van der Waals surface area (Å²) in [7, 11) is -4.30. The topological polar surface area (TPSA) is 133 Å². The van der Waals surface area contributed by atoms with Gasteiger partial charge in [0.05, 0.1) is 10.6 Å². The number of rotatable bonds is 6. The molecule has 1 heterocycles. The molecule has 0 saturated carbocycles. The first-order valence-corrected chi connectivity index (χ1v) is 8.70. The number of benzene rings is 1. The van der Waals surface area contributed by atoms with Crippen molar-refractivity contribution in [2.75, 3.05) is 11.9 Å². The van der Waals surface area contributed by atoms with Gasteiger partial charge in [-0.05, 0) is 30.7 Å². The van der Waals surface area contributed by atoms with Crippen LogP contribution in [-0.4, -0.2) is 35.3 Å². The molecule has 0 bridgehead atoms. The first kappa shape index (κ1) is 17.8. The lowest BCUT2D eigenvalue weighted by Crippen LogP contribution is -2.29. The second-order valence-electron chi connectivity index (χ2n) is 5.05. The summed E-state index contributed by atoms with van der Waals surface area (Å²) >= 11 is 0. The molecule has 9 nitrogen and oxygen atoms in total. The van der Waals surface area contributed by atoms with E-state index < -0.39 is 21.7 Å². The van der Waals surface area contributed by atoms with Gasteiger partial charge in [0.1, 0.15) is 5.82 Å². The highest BCUT2D eigenvalue weighted by Gasteiger charge is 2.11. The molecule has 2 amide bonds. The van der Waals surface area contributed by atoms with E-state index in [2.05, 4.69) is 15.7 Å². The minimum atomic E-state index is -4.30. The Kier molecular flexibility index (Phi) is 5.42. The molecule has 0 unspecified atom stereocenters. The lowest BCUT2D eigenvalue weighted by Gasteiger charge is -2.06. The quantitative estimate of drug-likeness (QED) is 0.459. The van der Waals surface area contributed by atoms with E-state index in [1.54, 1.807) is 0 Å². The third kappa shape index (κ3) is 4.46. The van der Waals surface area contributed by atoms with Crippen LogP contribution in [0.15, 0.2) is 40.0 Å². The van der Waals surface area contributed by atoms with Crippen LogP contribution in [0.5, 0.6) is 0 Å². The van der Waals surface area contributed by atoms with Crippen molar-refractivity contribution < 1.29 is 17.8 Å². The molecule has 2 aromatic rings. The fourth-order valence-corrected chi connectivity index (χ4v) is 2.44. The fourth-order valence-electron chi connectivity index (χ4n) is 1.96. The molecule has 0 aliphatic heterocycles. The van der Waals surface area contributed by atoms with Crippen LogP contribution < -0.4 is 16.2 Å². The van der Waals surface area contributed by atoms with Crippen LogP contribution in [0.4, 0.5) is 10.6 Å². The highest BCUT2D eigenvalue weighted by Crippen LogP contribution is 2.12. The van der Waals surface area contributed by atoms with Gasteiger partial charge in [0, 0.05) is 12.6 Å². The number of carbonyl (C=O) groups is 1. The Morgan fingerprint density at radius 1 is 1.29 bits per heavy atom. The zero-order valence-electron chi connectivity index (χ0n) is 12.9. The summed E-state index contributed by atoms with van der Waals surface area (Å²) in [6, 6.07) is 5.82. The highest BCUT2D eigenvalue weighted by atomic mass is 32.2. The number of anilines is 1. The Labute approximate surface area is 138 Å². The van der Waals surface area contributed by atoms with Gasteiger partial charge in [0.2, 0.25) is 0 Å². The van der Waals surface area contributed by atoms with Crippen molar-refractivity contribution in [1.29, 1.82) is 0 Å². The van der Waals surface area contributed by atoms with Crippen molar-refractivity contribution in [3.8, 4) is 5.69 Å². The van der Waals surface area contributed by atoms with Gasteiger partial charge in [-0.3, -0.25) is 19.8 Å². The van der Waals surface area contributed by atoms with Crippen LogP contribution in [0.2, 0.25) is 0 Å². The predicted molar refractivity (Wildman–Crippen MR) is 88.1 cm³/mol. The molecular weight excluding hydrogens is 336 g/mol. The maximum atomic E-state index is 12.0. The molecule has 0 atom stereocenters. The minimum absolute atomic E-state index is 0.202. The monoisotopic (exact) mass is 354 g/mol. The summed E-state index contributed by atoms with van der Waals surface area (Å²) in [4.78, 5) is 23.3. The van der Waals surface area contributed by atoms with Crippen molar-refractivity contribution in [2.45, 2.75) is 24.7 Å². The number of hydrogen-bond acceptors (Lipinski definition) is 4. The largest absolute Gasteiger partial charge is 0.338 e. The Bertz CT molecular complexity index is 867. The molecule has 0 saturated heterocycles. The van der Waals surface area contributed by atoms with Crippen molar-refractivity contribution >= 4 is 22.0 Å². The van der Waals surface area contributed by atoms with Gasteiger partial charge in [-0.25, -0.2) is 9.48 Å².